The summed E-state index contributed by atoms with van der Waals surface area (Å²) in [6.07, 6.45) is 0.401. The van der Waals surface area contributed by atoms with Gasteiger partial charge in [-0.25, -0.2) is 4.39 Å². The number of benzene rings is 2. The monoisotopic (exact) mass is 312 g/mol. The number of anilines is 1. The molecule has 1 saturated heterocycles. The van der Waals surface area contributed by atoms with E-state index in [1.807, 2.05) is 30.3 Å². The van der Waals surface area contributed by atoms with Crippen molar-refractivity contribution in [2.24, 2.45) is 5.92 Å². The molecule has 3 rings (SSSR count). The predicted octanol–water partition coefficient (Wildman–Crippen LogP) is 2.61. The number of rotatable bonds is 4. The van der Waals surface area contributed by atoms with Crippen LogP contribution in [0.15, 0.2) is 54.6 Å². The molecule has 0 spiro atoms. The minimum atomic E-state index is -0.441. The van der Waals surface area contributed by atoms with Gasteiger partial charge in [-0.1, -0.05) is 24.3 Å². The maximum Gasteiger partial charge on any atom is 0.251 e. The summed E-state index contributed by atoms with van der Waals surface area (Å²) >= 11 is 0. The van der Waals surface area contributed by atoms with Gasteiger partial charge < -0.3 is 10.2 Å². The van der Waals surface area contributed by atoms with Crippen LogP contribution in [0.3, 0.4) is 0 Å². The smallest absolute Gasteiger partial charge is 0.251 e. The predicted molar refractivity (Wildman–Crippen MR) is 85.6 cm³/mol. The molecule has 118 valence electrons. The fourth-order valence-electron chi connectivity index (χ4n) is 2.74. The van der Waals surface area contributed by atoms with Crippen molar-refractivity contribution in [1.29, 1.82) is 0 Å². The van der Waals surface area contributed by atoms with Crippen LogP contribution >= 0.6 is 0 Å². The van der Waals surface area contributed by atoms with Crippen molar-refractivity contribution in [3.63, 3.8) is 0 Å². The molecule has 1 heterocycles. The average Bonchev–Trinajstić information content (AvgIpc) is 2.94. The van der Waals surface area contributed by atoms with Gasteiger partial charge in [0.2, 0.25) is 5.91 Å². The van der Waals surface area contributed by atoms with Gasteiger partial charge in [0.1, 0.15) is 5.82 Å². The fraction of sp³-hybridized carbons (Fsp3) is 0.222. The highest BCUT2D eigenvalue weighted by atomic mass is 19.1. The Kier molecular flexibility index (Phi) is 4.37. The molecular weight excluding hydrogens is 295 g/mol. The third-order valence-electron chi connectivity index (χ3n) is 3.91. The number of hydrogen-bond acceptors (Lipinski definition) is 2. The number of carbonyl (C=O) groups is 2. The zero-order valence-electron chi connectivity index (χ0n) is 12.5. The minimum Gasteiger partial charge on any atom is -0.352 e. The molecule has 0 saturated carbocycles. The number of amides is 2. The Morgan fingerprint density at radius 3 is 2.70 bits per heavy atom. The first-order chi connectivity index (χ1) is 11.1. The summed E-state index contributed by atoms with van der Waals surface area (Å²) in [4.78, 5) is 25.9. The molecule has 2 amide bonds. The zero-order chi connectivity index (χ0) is 16.2. The second-order valence-electron chi connectivity index (χ2n) is 5.63. The molecule has 1 atom stereocenters. The van der Waals surface area contributed by atoms with Crippen molar-refractivity contribution in [1.82, 2.24) is 5.32 Å². The van der Waals surface area contributed by atoms with Gasteiger partial charge in [-0.3, -0.25) is 9.59 Å². The Labute approximate surface area is 133 Å². The van der Waals surface area contributed by atoms with Gasteiger partial charge in [-0.2, -0.15) is 0 Å². The van der Waals surface area contributed by atoms with Gasteiger partial charge in [0.15, 0.2) is 0 Å². The SMILES string of the molecule is O=C(NCC1CC(=O)N(c2ccccc2)C1)c1cccc(F)c1. The maximum atomic E-state index is 13.1. The van der Waals surface area contributed by atoms with Crippen molar-refractivity contribution in [2.75, 3.05) is 18.0 Å². The van der Waals surface area contributed by atoms with Gasteiger partial charge in [-0.05, 0) is 30.3 Å². The summed E-state index contributed by atoms with van der Waals surface area (Å²) in [5.41, 5.74) is 1.16. The Balaban J connectivity index is 1.58. The largest absolute Gasteiger partial charge is 0.352 e. The summed E-state index contributed by atoms with van der Waals surface area (Å²) in [5.74, 6) is -0.652. The Hall–Kier alpha value is -2.69. The summed E-state index contributed by atoms with van der Waals surface area (Å²) in [6.45, 7) is 0.969. The van der Waals surface area contributed by atoms with Crippen molar-refractivity contribution in [3.05, 3.63) is 66.0 Å². The van der Waals surface area contributed by atoms with E-state index in [0.29, 0.717) is 19.5 Å². The van der Waals surface area contributed by atoms with Crippen LogP contribution in [0.25, 0.3) is 0 Å². The summed E-state index contributed by atoms with van der Waals surface area (Å²) in [6, 6.07) is 15.0. The van der Waals surface area contributed by atoms with E-state index in [1.165, 1.54) is 18.2 Å². The quantitative estimate of drug-likeness (QED) is 0.943. The summed E-state index contributed by atoms with van der Waals surface area (Å²) in [7, 11) is 0. The molecule has 1 fully saturated rings. The normalized spacial score (nSPS) is 17.3. The van der Waals surface area contributed by atoms with E-state index < -0.39 is 5.82 Å². The van der Waals surface area contributed by atoms with E-state index in [9.17, 15) is 14.0 Å². The van der Waals surface area contributed by atoms with Crippen LogP contribution in [0.1, 0.15) is 16.8 Å². The van der Waals surface area contributed by atoms with Crippen LogP contribution in [-0.2, 0) is 4.79 Å². The van der Waals surface area contributed by atoms with E-state index in [2.05, 4.69) is 5.32 Å². The van der Waals surface area contributed by atoms with Gasteiger partial charge in [0, 0.05) is 36.7 Å². The average molecular weight is 312 g/mol. The van der Waals surface area contributed by atoms with Crippen LogP contribution in [0.4, 0.5) is 10.1 Å². The summed E-state index contributed by atoms with van der Waals surface area (Å²) in [5, 5.41) is 2.78. The molecule has 5 heteroatoms. The highest BCUT2D eigenvalue weighted by molar-refractivity contribution is 5.96. The van der Waals surface area contributed by atoms with E-state index in [-0.39, 0.29) is 23.3 Å². The van der Waals surface area contributed by atoms with Gasteiger partial charge in [-0.15, -0.1) is 0 Å². The highest BCUT2D eigenvalue weighted by Crippen LogP contribution is 2.24. The molecule has 0 bridgehead atoms. The number of halogens is 1. The third kappa shape index (κ3) is 3.56. The second-order valence-corrected chi connectivity index (χ2v) is 5.63. The van der Waals surface area contributed by atoms with Crippen LogP contribution in [0.5, 0.6) is 0 Å². The second kappa shape index (κ2) is 6.60. The lowest BCUT2D eigenvalue weighted by molar-refractivity contribution is -0.117. The molecule has 2 aromatic carbocycles. The number of hydrogen-bond donors (Lipinski definition) is 1. The molecule has 0 radical (unpaired) electrons. The molecule has 0 aliphatic carbocycles. The van der Waals surface area contributed by atoms with E-state index in [0.717, 1.165) is 5.69 Å². The van der Waals surface area contributed by atoms with Crippen LogP contribution in [0, 0.1) is 11.7 Å². The fourth-order valence-corrected chi connectivity index (χ4v) is 2.74. The molecule has 1 aliphatic heterocycles. The maximum absolute atomic E-state index is 13.1. The molecular formula is C18H17FN2O2. The minimum absolute atomic E-state index is 0.0558. The topological polar surface area (TPSA) is 49.4 Å². The molecule has 4 nitrogen and oxygen atoms in total. The van der Waals surface area contributed by atoms with Crippen LogP contribution < -0.4 is 10.2 Å². The standard InChI is InChI=1S/C18H17FN2O2/c19-15-6-4-5-14(10-15)18(23)20-11-13-9-17(22)21(12-13)16-7-2-1-3-8-16/h1-8,10,13H,9,11-12H2,(H,20,23). The van der Waals surface area contributed by atoms with E-state index >= 15 is 0 Å². The molecule has 0 aromatic heterocycles. The first-order valence-electron chi connectivity index (χ1n) is 7.52. The Morgan fingerprint density at radius 1 is 1.17 bits per heavy atom. The highest BCUT2D eigenvalue weighted by Gasteiger charge is 2.30. The zero-order valence-corrected chi connectivity index (χ0v) is 12.5. The molecule has 2 aromatic rings. The third-order valence-corrected chi connectivity index (χ3v) is 3.91. The molecule has 1 unspecified atom stereocenters. The number of carbonyl (C=O) groups excluding carboxylic acids is 2. The molecule has 1 N–H and O–H groups in total. The first-order valence-corrected chi connectivity index (χ1v) is 7.52. The Morgan fingerprint density at radius 2 is 1.96 bits per heavy atom. The van der Waals surface area contributed by atoms with Crippen LogP contribution in [-0.4, -0.2) is 24.9 Å². The molecule has 1 aliphatic rings. The Bertz CT molecular complexity index is 718. The lowest BCUT2D eigenvalue weighted by atomic mass is 10.1. The lowest BCUT2D eigenvalue weighted by Crippen LogP contribution is -2.31. The number of nitrogens with zero attached hydrogens (tertiary/aromatic N) is 1. The first kappa shape index (κ1) is 15.2. The van der Waals surface area contributed by atoms with Gasteiger partial charge in [0.25, 0.3) is 5.91 Å². The van der Waals surface area contributed by atoms with Crippen LogP contribution in [0.2, 0.25) is 0 Å². The van der Waals surface area contributed by atoms with Crippen molar-refractivity contribution < 1.29 is 14.0 Å². The van der Waals surface area contributed by atoms with Crippen molar-refractivity contribution >= 4 is 17.5 Å². The van der Waals surface area contributed by atoms with E-state index in [4.69, 9.17) is 0 Å². The van der Waals surface area contributed by atoms with Crippen molar-refractivity contribution in [3.8, 4) is 0 Å². The van der Waals surface area contributed by atoms with E-state index in [1.54, 1.807) is 11.0 Å². The summed E-state index contributed by atoms with van der Waals surface area (Å²) < 4.78 is 13.1. The van der Waals surface area contributed by atoms with Gasteiger partial charge >= 0.3 is 0 Å². The van der Waals surface area contributed by atoms with Gasteiger partial charge in [0.05, 0.1) is 0 Å². The number of nitrogens with one attached hydrogen (secondary N) is 1. The lowest BCUT2D eigenvalue weighted by Gasteiger charge is -2.16. The van der Waals surface area contributed by atoms with Crippen molar-refractivity contribution in [2.45, 2.75) is 6.42 Å². The molecule has 23 heavy (non-hydrogen) atoms. The number of para-hydroxylation sites is 1.